The molecule has 3 fully saturated rings. The van der Waals surface area contributed by atoms with Crippen LogP contribution in [0.25, 0.3) is 0 Å². The molecule has 4 rings (SSSR count). The van der Waals surface area contributed by atoms with Crippen molar-refractivity contribution in [1.82, 2.24) is 0 Å². The maximum absolute atomic E-state index is 12.3. The van der Waals surface area contributed by atoms with Crippen LogP contribution in [0.2, 0.25) is 0 Å². The fourth-order valence-corrected chi connectivity index (χ4v) is 7.21. The van der Waals surface area contributed by atoms with Crippen LogP contribution in [0, 0.1) is 34.5 Å². The van der Waals surface area contributed by atoms with E-state index in [1.54, 1.807) is 13.0 Å². The van der Waals surface area contributed by atoms with Crippen LogP contribution in [-0.4, -0.2) is 22.3 Å². The van der Waals surface area contributed by atoms with Gasteiger partial charge < -0.3 is 5.11 Å². The first kappa shape index (κ1) is 17.2. The highest BCUT2D eigenvalue weighted by Gasteiger charge is 2.65. The highest BCUT2D eigenvalue weighted by Crippen LogP contribution is 2.67. The summed E-state index contributed by atoms with van der Waals surface area (Å²) in [6.07, 6.45) is 10.3. The molecule has 136 valence electrons. The molecule has 0 radical (unpaired) electrons. The Kier molecular flexibility index (Phi) is 3.55. The summed E-state index contributed by atoms with van der Waals surface area (Å²) in [5.74, 6) is 1.86. The SMILES string of the molecule is CC(=O)[C@@]1(O)CC[C@H]2[C@@H]3C[C@H](C)C4=CC(=O)C=C[C@]4(C)[C@H]3CC[C@@]21C. The molecule has 0 aromatic rings. The van der Waals surface area contributed by atoms with Gasteiger partial charge in [-0.15, -0.1) is 0 Å². The number of rotatable bonds is 1. The minimum absolute atomic E-state index is 0.0471. The number of aliphatic hydroxyl groups is 1. The number of fused-ring (bicyclic) bond motifs is 5. The standard InChI is InChI=1S/C22H30O3/c1-13-11-16-17(20(3)8-5-15(24)12-19(13)20)6-9-21(4)18(16)7-10-22(21,25)14(2)23/h5,8,12-13,16-18,25H,6-7,9-11H2,1-4H3/t13-,16+,17-,18-,20+,21-,22-/m0/s1. The second-order valence-electron chi connectivity index (χ2n) is 9.54. The van der Waals surface area contributed by atoms with Gasteiger partial charge in [-0.1, -0.05) is 32.4 Å². The van der Waals surface area contributed by atoms with Crippen LogP contribution < -0.4 is 0 Å². The molecule has 0 aliphatic heterocycles. The highest BCUT2D eigenvalue weighted by molar-refractivity contribution is 6.01. The molecule has 1 N–H and O–H groups in total. The van der Waals surface area contributed by atoms with Gasteiger partial charge in [0.2, 0.25) is 0 Å². The van der Waals surface area contributed by atoms with Gasteiger partial charge in [-0.25, -0.2) is 0 Å². The number of allylic oxidation sites excluding steroid dienone is 4. The van der Waals surface area contributed by atoms with E-state index in [1.165, 1.54) is 5.57 Å². The minimum Gasteiger partial charge on any atom is -0.382 e. The van der Waals surface area contributed by atoms with Crippen molar-refractivity contribution >= 4 is 11.6 Å². The number of hydrogen-bond donors (Lipinski definition) is 1. The van der Waals surface area contributed by atoms with E-state index in [9.17, 15) is 14.7 Å². The first-order valence-corrected chi connectivity index (χ1v) is 9.82. The Morgan fingerprint density at radius 3 is 2.56 bits per heavy atom. The summed E-state index contributed by atoms with van der Waals surface area (Å²) in [5, 5.41) is 11.2. The third-order valence-corrected chi connectivity index (χ3v) is 8.61. The topological polar surface area (TPSA) is 54.4 Å². The third kappa shape index (κ3) is 2.02. The summed E-state index contributed by atoms with van der Waals surface area (Å²) in [5.41, 5.74) is -0.203. The summed E-state index contributed by atoms with van der Waals surface area (Å²) >= 11 is 0. The first-order valence-electron chi connectivity index (χ1n) is 9.82. The molecule has 25 heavy (non-hydrogen) atoms. The van der Waals surface area contributed by atoms with Crippen molar-refractivity contribution < 1.29 is 14.7 Å². The molecule has 0 spiro atoms. The lowest BCUT2D eigenvalue weighted by Crippen LogP contribution is -2.57. The van der Waals surface area contributed by atoms with Gasteiger partial charge >= 0.3 is 0 Å². The normalized spacial score (nSPS) is 51.4. The van der Waals surface area contributed by atoms with Crippen LogP contribution in [0.4, 0.5) is 0 Å². The molecule has 3 nitrogen and oxygen atoms in total. The Bertz CT molecular complexity index is 704. The lowest BCUT2D eigenvalue weighted by molar-refractivity contribution is -0.159. The molecule has 3 saturated carbocycles. The Labute approximate surface area is 150 Å². The fourth-order valence-electron chi connectivity index (χ4n) is 7.21. The second kappa shape index (κ2) is 5.16. The minimum atomic E-state index is -1.15. The number of carbonyl (C=O) groups is 2. The van der Waals surface area contributed by atoms with E-state index in [-0.39, 0.29) is 22.4 Å². The van der Waals surface area contributed by atoms with Crippen LogP contribution in [0.1, 0.15) is 59.8 Å². The zero-order valence-corrected chi connectivity index (χ0v) is 15.8. The Balaban J connectivity index is 1.75. The van der Waals surface area contributed by atoms with Gasteiger partial charge in [0.05, 0.1) is 0 Å². The first-order chi connectivity index (χ1) is 11.6. The smallest absolute Gasteiger partial charge is 0.178 e. The molecular formula is C22H30O3. The van der Waals surface area contributed by atoms with E-state index in [1.807, 2.05) is 6.08 Å². The summed E-state index contributed by atoms with van der Waals surface area (Å²) in [7, 11) is 0. The lowest BCUT2D eigenvalue weighted by atomic mass is 9.45. The molecule has 0 bridgehead atoms. The molecule has 4 aliphatic rings. The lowest BCUT2D eigenvalue weighted by Gasteiger charge is -2.59. The van der Waals surface area contributed by atoms with Crippen molar-refractivity contribution in [1.29, 1.82) is 0 Å². The van der Waals surface area contributed by atoms with Crippen molar-refractivity contribution in [2.24, 2.45) is 34.5 Å². The van der Waals surface area contributed by atoms with Crippen LogP contribution >= 0.6 is 0 Å². The van der Waals surface area contributed by atoms with E-state index < -0.39 is 5.60 Å². The summed E-state index contributed by atoms with van der Waals surface area (Å²) in [6, 6.07) is 0. The molecule has 0 aromatic heterocycles. The average molecular weight is 342 g/mol. The largest absolute Gasteiger partial charge is 0.382 e. The van der Waals surface area contributed by atoms with Crippen molar-refractivity contribution in [2.45, 2.75) is 65.4 Å². The van der Waals surface area contributed by atoms with E-state index in [0.29, 0.717) is 30.1 Å². The van der Waals surface area contributed by atoms with Crippen molar-refractivity contribution in [3.8, 4) is 0 Å². The Morgan fingerprint density at radius 1 is 1.20 bits per heavy atom. The zero-order chi connectivity index (χ0) is 18.2. The molecule has 0 amide bonds. The van der Waals surface area contributed by atoms with Gasteiger partial charge in [-0.2, -0.15) is 0 Å². The van der Waals surface area contributed by atoms with Gasteiger partial charge in [-0.05, 0) is 74.9 Å². The molecule has 0 aromatic carbocycles. The maximum Gasteiger partial charge on any atom is 0.178 e. The van der Waals surface area contributed by atoms with Gasteiger partial charge in [0.1, 0.15) is 5.60 Å². The van der Waals surface area contributed by atoms with Gasteiger partial charge in [0.15, 0.2) is 11.6 Å². The summed E-state index contributed by atoms with van der Waals surface area (Å²) in [6.45, 7) is 8.25. The predicted octanol–water partition coefficient (Wildman–Crippen LogP) is 3.86. The molecule has 0 saturated heterocycles. The molecule has 0 heterocycles. The highest BCUT2D eigenvalue weighted by atomic mass is 16.3. The fraction of sp³-hybridized carbons (Fsp3) is 0.727. The molecule has 4 aliphatic carbocycles. The third-order valence-electron chi connectivity index (χ3n) is 8.61. The van der Waals surface area contributed by atoms with Gasteiger partial charge in [0.25, 0.3) is 0 Å². The van der Waals surface area contributed by atoms with E-state index in [0.717, 1.165) is 25.7 Å². The summed E-state index contributed by atoms with van der Waals surface area (Å²) < 4.78 is 0. The van der Waals surface area contributed by atoms with Crippen molar-refractivity contribution in [2.75, 3.05) is 0 Å². The maximum atomic E-state index is 12.3. The number of carbonyl (C=O) groups excluding carboxylic acids is 2. The summed E-state index contributed by atoms with van der Waals surface area (Å²) in [4.78, 5) is 24.2. The number of ketones is 2. The number of hydrogen-bond acceptors (Lipinski definition) is 3. The zero-order valence-electron chi connectivity index (χ0n) is 15.8. The van der Waals surface area contributed by atoms with Crippen molar-refractivity contribution in [3.63, 3.8) is 0 Å². The van der Waals surface area contributed by atoms with Crippen LogP contribution in [0.3, 0.4) is 0 Å². The quantitative estimate of drug-likeness (QED) is 0.787. The van der Waals surface area contributed by atoms with Crippen molar-refractivity contribution in [3.05, 3.63) is 23.8 Å². The Morgan fingerprint density at radius 2 is 1.88 bits per heavy atom. The molecule has 3 heteroatoms. The van der Waals surface area contributed by atoms with Crippen LogP contribution in [0.15, 0.2) is 23.8 Å². The molecular weight excluding hydrogens is 312 g/mol. The van der Waals surface area contributed by atoms with Crippen LogP contribution in [-0.2, 0) is 9.59 Å². The van der Waals surface area contributed by atoms with Gasteiger partial charge in [0, 0.05) is 10.8 Å². The van der Waals surface area contributed by atoms with E-state index in [4.69, 9.17) is 0 Å². The predicted molar refractivity (Wildman–Crippen MR) is 96.8 cm³/mol. The van der Waals surface area contributed by atoms with Gasteiger partial charge in [-0.3, -0.25) is 9.59 Å². The Hall–Kier alpha value is -1.22. The van der Waals surface area contributed by atoms with E-state index >= 15 is 0 Å². The molecule has 7 atom stereocenters. The molecule has 0 unspecified atom stereocenters. The second-order valence-corrected chi connectivity index (χ2v) is 9.54. The van der Waals surface area contributed by atoms with Crippen LogP contribution in [0.5, 0.6) is 0 Å². The van der Waals surface area contributed by atoms with E-state index in [2.05, 4.69) is 26.8 Å². The monoisotopic (exact) mass is 342 g/mol. The average Bonchev–Trinajstić information content (AvgIpc) is 2.83. The number of Topliss-reactive ketones (excluding diaryl/α,β-unsaturated/α-hetero) is 1.